The van der Waals surface area contributed by atoms with Gasteiger partial charge in [0, 0.05) is 18.8 Å². The van der Waals surface area contributed by atoms with E-state index in [1.165, 1.54) is 17.0 Å². The first-order chi connectivity index (χ1) is 14.3. The van der Waals surface area contributed by atoms with Crippen molar-refractivity contribution in [1.82, 2.24) is 9.21 Å². The average molecular weight is 430 g/mol. The number of rotatable bonds is 6. The molecule has 0 atom stereocenters. The van der Waals surface area contributed by atoms with Crippen LogP contribution in [-0.4, -0.2) is 49.2 Å². The maximum absolute atomic E-state index is 13.2. The molecular formula is C22H27N3O4S. The Hall–Kier alpha value is -2.87. The normalized spacial score (nSPS) is 13.9. The third kappa shape index (κ3) is 4.99. The maximum Gasteiger partial charge on any atom is 0.334 e. The van der Waals surface area contributed by atoms with Crippen molar-refractivity contribution in [1.29, 1.82) is 0 Å². The second kappa shape index (κ2) is 9.30. The minimum atomic E-state index is -4.17. The number of carbonyl (C=O) groups excluding carboxylic acids is 2. The Labute approximate surface area is 177 Å². The van der Waals surface area contributed by atoms with Crippen molar-refractivity contribution in [2.45, 2.75) is 38.0 Å². The van der Waals surface area contributed by atoms with Crippen LogP contribution in [0.15, 0.2) is 53.4 Å². The second-order valence-corrected chi connectivity index (χ2v) is 9.26. The number of carbonyl (C=O) groups is 2. The number of sulfonamides is 1. The molecule has 3 rings (SSSR count). The zero-order valence-electron chi connectivity index (χ0n) is 17.3. The van der Waals surface area contributed by atoms with Crippen molar-refractivity contribution < 1.29 is 18.0 Å². The summed E-state index contributed by atoms with van der Waals surface area (Å²) in [6.45, 7) is 4.27. The molecule has 3 amide bonds. The number of anilines is 1. The molecule has 0 unspecified atom stereocenters. The number of urea groups is 1. The number of hydrogen-bond donors (Lipinski definition) is 1. The first kappa shape index (κ1) is 21.8. The van der Waals surface area contributed by atoms with E-state index < -0.39 is 28.5 Å². The van der Waals surface area contributed by atoms with Gasteiger partial charge in [-0.15, -0.1) is 0 Å². The third-order valence-electron chi connectivity index (χ3n) is 5.13. The van der Waals surface area contributed by atoms with Crippen molar-refractivity contribution >= 4 is 27.6 Å². The summed E-state index contributed by atoms with van der Waals surface area (Å²) in [6.07, 6.45) is 2.52. The Kier molecular flexibility index (Phi) is 6.77. The van der Waals surface area contributed by atoms with Gasteiger partial charge in [0.05, 0.1) is 4.90 Å². The van der Waals surface area contributed by atoms with Crippen LogP contribution in [0, 0.1) is 6.92 Å². The maximum atomic E-state index is 13.2. The lowest BCUT2D eigenvalue weighted by atomic mass is 10.1. The van der Waals surface area contributed by atoms with Crippen molar-refractivity contribution in [3.05, 3.63) is 59.7 Å². The fourth-order valence-corrected chi connectivity index (χ4v) is 4.66. The molecule has 1 heterocycles. The Morgan fingerprint density at radius 2 is 1.60 bits per heavy atom. The van der Waals surface area contributed by atoms with Gasteiger partial charge in [-0.25, -0.2) is 17.5 Å². The molecular weight excluding hydrogens is 402 g/mol. The van der Waals surface area contributed by atoms with Crippen LogP contribution < -0.4 is 5.32 Å². The van der Waals surface area contributed by atoms with E-state index in [1.54, 1.807) is 24.3 Å². The van der Waals surface area contributed by atoms with Crippen LogP contribution in [0.4, 0.5) is 10.5 Å². The summed E-state index contributed by atoms with van der Waals surface area (Å²) in [5, 5.41) is 2.69. The molecule has 1 aliphatic heterocycles. The average Bonchev–Trinajstić information content (AvgIpc) is 3.27. The van der Waals surface area contributed by atoms with Crippen LogP contribution in [0.2, 0.25) is 0 Å². The summed E-state index contributed by atoms with van der Waals surface area (Å²) in [7, 11) is -4.17. The number of aryl methyl sites for hydroxylation is 2. The van der Waals surface area contributed by atoms with Gasteiger partial charge < -0.3 is 10.2 Å². The topological polar surface area (TPSA) is 86.8 Å². The predicted octanol–water partition coefficient (Wildman–Crippen LogP) is 3.40. The largest absolute Gasteiger partial charge is 0.334 e. The van der Waals surface area contributed by atoms with Crippen LogP contribution in [0.5, 0.6) is 0 Å². The first-order valence-electron chi connectivity index (χ1n) is 10.1. The van der Waals surface area contributed by atoms with Gasteiger partial charge in [-0.2, -0.15) is 0 Å². The van der Waals surface area contributed by atoms with Gasteiger partial charge >= 0.3 is 6.03 Å². The lowest BCUT2D eigenvalue weighted by molar-refractivity contribution is -0.116. The van der Waals surface area contributed by atoms with Gasteiger partial charge in [0.2, 0.25) is 5.91 Å². The SMILES string of the molecule is CCc1ccc(NC(=O)CN(C(=O)N2CCCC2)S(=O)(=O)c2ccc(C)cc2)cc1. The molecule has 1 aliphatic rings. The van der Waals surface area contributed by atoms with Gasteiger partial charge in [0.15, 0.2) is 0 Å². The molecule has 30 heavy (non-hydrogen) atoms. The summed E-state index contributed by atoms with van der Waals surface area (Å²) >= 11 is 0. The highest BCUT2D eigenvalue weighted by Gasteiger charge is 2.35. The van der Waals surface area contributed by atoms with Crippen LogP contribution in [0.1, 0.15) is 30.9 Å². The highest BCUT2D eigenvalue weighted by Crippen LogP contribution is 2.20. The fourth-order valence-electron chi connectivity index (χ4n) is 3.31. The lowest BCUT2D eigenvalue weighted by Crippen LogP contribution is -2.48. The Morgan fingerprint density at radius 1 is 1.00 bits per heavy atom. The number of nitrogens with one attached hydrogen (secondary N) is 1. The van der Waals surface area contributed by atoms with Crippen LogP contribution in [0.25, 0.3) is 0 Å². The van der Waals surface area contributed by atoms with Crippen molar-refractivity contribution in [3.63, 3.8) is 0 Å². The van der Waals surface area contributed by atoms with E-state index in [4.69, 9.17) is 0 Å². The molecule has 160 valence electrons. The lowest BCUT2D eigenvalue weighted by Gasteiger charge is -2.27. The summed E-state index contributed by atoms with van der Waals surface area (Å²) < 4.78 is 27.1. The molecule has 1 N–H and O–H groups in total. The standard InChI is InChI=1S/C22H27N3O4S/c1-3-18-8-10-19(11-9-18)23-21(26)16-25(22(27)24-14-4-5-15-24)30(28,29)20-12-6-17(2)7-13-20/h6-13H,3-5,14-16H2,1-2H3,(H,23,26). The molecule has 2 aromatic carbocycles. The predicted molar refractivity (Wildman–Crippen MR) is 116 cm³/mol. The molecule has 0 saturated carbocycles. The summed E-state index contributed by atoms with van der Waals surface area (Å²) in [5.74, 6) is -0.567. The van der Waals surface area contributed by atoms with Gasteiger partial charge in [-0.1, -0.05) is 36.8 Å². The highest BCUT2D eigenvalue weighted by atomic mass is 32.2. The molecule has 0 bridgehead atoms. The van der Waals surface area contributed by atoms with E-state index in [0.717, 1.165) is 30.4 Å². The van der Waals surface area contributed by atoms with Gasteiger partial charge in [0.25, 0.3) is 10.0 Å². The van der Waals surface area contributed by atoms with Crippen LogP contribution in [-0.2, 0) is 21.2 Å². The second-order valence-electron chi connectivity index (χ2n) is 7.40. The summed E-state index contributed by atoms with van der Waals surface area (Å²) in [5.41, 5.74) is 2.58. The Balaban J connectivity index is 1.84. The van der Waals surface area contributed by atoms with E-state index in [1.807, 2.05) is 26.0 Å². The first-order valence-corrected chi connectivity index (χ1v) is 11.5. The van der Waals surface area contributed by atoms with E-state index in [0.29, 0.717) is 23.1 Å². The highest BCUT2D eigenvalue weighted by molar-refractivity contribution is 7.89. The van der Waals surface area contributed by atoms with Crippen molar-refractivity contribution in [3.8, 4) is 0 Å². The van der Waals surface area contributed by atoms with Gasteiger partial charge in [0.1, 0.15) is 6.54 Å². The van der Waals surface area contributed by atoms with Crippen molar-refractivity contribution in [2.75, 3.05) is 25.0 Å². The number of hydrogen-bond acceptors (Lipinski definition) is 4. The zero-order valence-corrected chi connectivity index (χ0v) is 18.1. The van der Waals surface area contributed by atoms with E-state index >= 15 is 0 Å². The third-order valence-corrected chi connectivity index (χ3v) is 6.87. The van der Waals surface area contributed by atoms with Crippen molar-refractivity contribution in [2.24, 2.45) is 0 Å². The molecule has 0 spiro atoms. The fraction of sp³-hybridized carbons (Fsp3) is 0.364. The van der Waals surface area contributed by atoms with E-state index in [2.05, 4.69) is 5.32 Å². The molecule has 0 aliphatic carbocycles. The van der Waals surface area contributed by atoms with E-state index in [-0.39, 0.29) is 4.90 Å². The smallest absolute Gasteiger partial charge is 0.325 e. The molecule has 7 nitrogen and oxygen atoms in total. The Morgan fingerprint density at radius 3 is 2.17 bits per heavy atom. The zero-order chi connectivity index (χ0) is 21.7. The summed E-state index contributed by atoms with van der Waals surface area (Å²) in [6, 6.07) is 12.9. The Bertz CT molecular complexity index is 996. The number of likely N-dealkylation sites (tertiary alicyclic amines) is 1. The monoisotopic (exact) mass is 429 g/mol. The molecule has 0 aromatic heterocycles. The molecule has 1 saturated heterocycles. The summed E-state index contributed by atoms with van der Waals surface area (Å²) in [4.78, 5) is 27.1. The van der Waals surface area contributed by atoms with Crippen LogP contribution in [0.3, 0.4) is 0 Å². The van der Waals surface area contributed by atoms with Crippen LogP contribution >= 0.6 is 0 Å². The minimum Gasteiger partial charge on any atom is -0.325 e. The number of nitrogens with zero attached hydrogens (tertiary/aromatic N) is 2. The quantitative estimate of drug-likeness (QED) is 0.762. The molecule has 8 heteroatoms. The number of benzene rings is 2. The van der Waals surface area contributed by atoms with E-state index in [9.17, 15) is 18.0 Å². The number of amides is 3. The molecule has 0 radical (unpaired) electrons. The van der Waals surface area contributed by atoms with Gasteiger partial charge in [-0.05, 0) is 56.0 Å². The van der Waals surface area contributed by atoms with Gasteiger partial charge in [-0.3, -0.25) is 4.79 Å². The molecule has 2 aromatic rings. The molecule has 1 fully saturated rings. The minimum absolute atomic E-state index is 0.0132.